The summed E-state index contributed by atoms with van der Waals surface area (Å²) in [5.74, 6) is -0.462. The summed E-state index contributed by atoms with van der Waals surface area (Å²) >= 11 is 11.6. The molecule has 2 aromatic rings. The molecule has 0 aliphatic rings. The molecule has 0 saturated heterocycles. The Morgan fingerprint density at radius 3 is 2.40 bits per heavy atom. The number of hydrogen-bond donors (Lipinski definition) is 3. The number of hydrogen-bond acceptors (Lipinski definition) is 4. The Morgan fingerprint density at radius 1 is 1.00 bits per heavy atom. The van der Waals surface area contributed by atoms with Crippen molar-refractivity contribution in [2.75, 3.05) is 7.11 Å². The maximum absolute atomic E-state index is 12.3. The Balaban J connectivity index is 1.96. The Morgan fingerprint density at radius 2 is 1.72 bits per heavy atom. The summed E-state index contributed by atoms with van der Waals surface area (Å²) in [5, 5.41) is 2.43. The number of nitrogens with one attached hydrogen (secondary N) is 3. The summed E-state index contributed by atoms with van der Waals surface area (Å²) in [6.07, 6.45) is 0. The monoisotopic (exact) mass is 485 g/mol. The van der Waals surface area contributed by atoms with Crippen LogP contribution in [0.2, 0.25) is 0 Å². The molecular weight excluding hydrogens is 474 g/mol. The molecule has 3 N–H and O–H groups in total. The van der Waals surface area contributed by atoms with Crippen molar-refractivity contribution in [3.63, 3.8) is 0 Å². The van der Waals surface area contributed by atoms with Crippen LogP contribution in [0.4, 0.5) is 0 Å². The van der Waals surface area contributed by atoms with Gasteiger partial charge in [0, 0.05) is 8.95 Å². The van der Waals surface area contributed by atoms with Crippen molar-refractivity contribution in [2.45, 2.75) is 0 Å². The third-order valence-corrected chi connectivity index (χ3v) is 4.43. The van der Waals surface area contributed by atoms with E-state index in [0.717, 1.165) is 4.47 Å². The number of amides is 2. The summed E-state index contributed by atoms with van der Waals surface area (Å²) < 4.78 is 6.52. The first-order valence-electron chi connectivity index (χ1n) is 6.92. The van der Waals surface area contributed by atoms with E-state index < -0.39 is 11.8 Å². The average Bonchev–Trinajstić information content (AvgIpc) is 2.60. The number of methoxy groups -OCH3 is 1. The van der Waals surface area contributed by atoms with Gasteiger partial charge in [0.05, 0.1) is 18.2 Å². The second-order valence-electron chi connectivity index (χ2n) is 4.69. The molecule has 2 aromatic carbocycles. The molecule has 0 aliphatic carbocycles. The molecule has 2 amide bonds. The molecule has 0 fully saturated rings. The number of ether oxygens (including phenoxy) is 1. The van der Waals surface area contributed by atoms with E-state index in [2.05, 4.69) is 48.0 Å². The zero-order valence-electron chi connectivity index (χ0n) is 12.9. The normalized spacial score (nSPS) is 9.88. The van der Waals surface area contributed by atoms with Gasteiger partial charge in [-0.3, -0.25) is 25.8 Å². The first-order chi connectivity index (χ1) is 11.9. The maximum Gasteiger partial charge on any atom is 0.270 e. The highest BCUT2D eigenvalue weighted by atomic mass is 79.9. The molecule has 0 saturated carbocycles. The number of carbonyl (C=O) groups excluding carboxylic acids is 2. The van der Waals surface area contributed by atoms with E-state index >= 15 is 0 Å². The van der Waals surface area contributed by atoms with Gasteiger partial charge in [-0.15, -0.1) is 0 Å². The minimum absolute atomic E-state index is 0.0487. The molecule has 0 atom stereocenters. The molecule has 0 aliphatic heterocycles. The Bertz CT molecular complexity index is 830. The van der Waals surface area contributed by atoms with Gasteiger partial charge in [0.25, 0.3) is 11.8 Å². The fourth-order valence-electron chi connectivity index (χ4n) is 1.89. The minimum Gasteiger partial charge on any atom is -0.496 e. The van der Waals surface area contributed by atoms with Crippen molar-refractivity contribution in [3.05, 3.63) is 62.5 Å². The van der Waals surface area contributed by atoms with Gasteiger partial charge < -0.3 is 4.74 Å². The fraction of sp³-hybridized carbons (Fsp3) is 0.0625. The first kappa shape index (κ1) is 19.4. The van der Waals surface area contributed by atoms with E-state index in [9.17, 15) is 9.59 Å². The van der Waals surface area contributed by atoms with E-state index in [-0.39, 0.29) is 5.11 Å². The molecule has 9 heteroatoms. The summed E-state index contributed by atoms with van der Waals surface area (Å²) in [5.41, 5.74) is 5.64. The molecule has 0 aromatic heterocycles. The fourth-order valence-corrected chi connectivity index (χ4v) is 2.86. The number of carbonyl (C=O) groups is 2. The number of halogens is 2. The van der Waals surface area contributed by atoms with Gasteiger partial charge in [-0.1, -0.05) is 28.1 Å². The lowest BCUT2D eigenvalue weighted by molar-refractivity contribution is 0.0933. The van der Waals surface area contributed by atoms with Crippen molar-refractivity contribution < 1.29 is 14.3 Å². The minimum atomic E-state index is -0.467. The SMILES string of the molecule is COc1ccc(Br)cc1C(=O)NC(=S)NNC(=O)c1ccccc1Br. The number of rotatable bonds is 3. The molecular formula is C16H13Br2N3O3S. The van der Waals surface area contributed by atoms with Crippen LogP contribution in [0.1, 0.15) is 20.7 Å². The molecule has 0 heterocycles. The van der Waals surface area contributed by atoms with Crippen LogP contribution < -0.4 is 20.9 Å². The summed E-state index contributed by atoms with van der Waals surface area (Å²) in [4.78, 5) is 24.4. The third kappa shape index (κ3) is 5.25. The second-order valence-corrected chi connectivity index (χ2v) is 6.87. The summed E-state index contributed by atoms with van der Waals surface area (Å²) in [6, 6.07) is 11.9. The van der Waals surface area contributed by atoms with Gasteiger partial charge in [0.2, 0.25) is 0 Å². The smallest absolute Gasteiger partial charge is 0.270 e. The van der Waals surface area contributed by atoms with Gasteiger partial charge in [-0.25, -0.2) is 0 Å². The highest BCUT2D eigenvalue weighted by Crippen LogP contribution is 2.22. The highest BCUT2D eigenvalue weighted by molar-refractivity contribution is 9.10. The van der Waals surface area contributed by atoms with Crippen LogP contribution in [-0.2, 0) is 0 Å². The Labute approximate surface area is 166 Å². The van der Waals surface area contributed by atoms with Crippen molar-refractivity contribution >= 4 is 61.0 Å². The lowest BCUT2D eigenvalue weighted by Gasteiger charge is -2.13. The van der Waals surface area contributed by atoms with Crippen LogP contribution >= 0.6 is 44.1 Å². The molecule has 2 rings (SSSR count). The van der Waals surface area contributed by atoms with Crippen LogP contribution in [0.15, 0.2) is 51.4 Å². The van der Waals surface area contributed by atoms with E-state index in [0.29, 0.717) is 21.3 Å². The molecule has 0 unspecified atom stereocenters. The topological polar surface area (TPSA) is 79.5 Å². The Hall–Kier alpha value is -1.97. The summed E-state index contributed by atoms with van der Waals surface area (Å²) in [6.45, 7) is 0. The van der Waals surface area contributed by atoms with E-state index in [1.54, 1.807) is 42.5 Å². The lowest BCUT2D eigenvalue weighted by Crippen LogP contribution is -2.48. The lowest BCUT2D eigenvalue weighted by atomic mass is 10.2. The Kier molecular flexibility index (Phi) is 6.91. The van der Waals surface area contributed by atoms with E-state index in [4.69, 9.17) is 17.0 Å². The van der Waals surface area contributed by atoms with Crippen molar-refractivity contribution in [1.82, 2.24) is 16.2 Å². The van der Waals surface area contributed by atoms with Crippen LogP contribution in [0.25, 0.3) is 0 Å². The van der Waals surface area contributed by atoms with Crippen LogP contribution in [0.5, 0.6) is 5.75 Å². The number of thiocarbonyl (C=S) groups is 1. The molecule has 25 heavy (non-hydrogen) atoms. The number of benzene rings is 2. The molecule has 6 nitrogen and oxygen atoms in total. The first-order valence-corrected chi connectivity index (χ1v) is 8.91. The second kappa shape index (κ2) is 8.93. The van der Waals surface area contributed by atoms with Crippen LogP contribution in [0.3, 0.4) is 0 Å². The predicted octanol–water partition coefficient (Wildman–Crippen LogP) is 3.17. The maximum atomic E-state index is 12.3. The van der Waals surface area contributed by atoms with Crippen molar-refractivity contribution in [2.24, 2.45) is 0 Å². The molecule has 0 radical (unpaired) electrons. The zero-order valence-corrected chi connectivity index (χ0v) is 16.9. The average molecular weight is 487 g/mol. The predicted molar refractivity (Wildman–Crippen MR) is 106 cm³/mol. The zero-order chi connectivity index (χ0) is 18.4. The third-order valence-electron chi connectivity index (χ3n) is 3.04. The van der Waals surface area contributed by atoms with Gasteiger partial charge in [0.1, 0.15) is 5.75 Å². The molecule has 0 bridgehead atoms. The van der Waals surface area contributed by atoms with Crippen LogP contribution in [0, 0.1) is 0 Å². The summed E-state index contributed by atoms with van der Waals surface area (Å²) in [7, 11) is 1.47. The van der Waals surface area contributed by atoms with Gasteiger partial charge >= 0.3 is 0 Å². The number of hydrazine groups is 1. The quantitative estimate of drug-likeness (QED) is 0.458. The van der Waals surface area contributed by atoms with Gasteiger partial charge in [0.15, 0.2) is 5.11 Å². The van der Waals surface area contributed by atoms with Crippen molar-refractivity contribution in [3.8, 4) is 5.75 Å². The van der Waals surface area contributed by atoms with Gasteiger partial charge in [-0.2, -0.15) is 0 Å². The standard InChI is InChI=1S/C16H13Br2N3O3S/c1-24-13-7-6-9(17)8-11(13)14(22)19-16(25)21-20-15(23)10-4-2-3-5-12(10)18/h2-8H,1H3,(H,20,23)(H2,19,21,22,25). The molecule has 0 spiro atoms. The van der Waals surface area contributed by atoms with E-state index in [1.807, 2.05) is 0 Å². The van der Waals surface area contributed by atoms with Gasteiger partial charge in [-0.05, 0) is 58.5 Å². The van der Waals surface area contributed by atoms with Crippen LogP contribution in [-0.4, -0.2) is 24.0 Å². The van der Waals surface area contributed by atoms with Crippen molar-refractivity contribution in [1.29, 1.82) is 0 Å². The van der Waals surface area contributed by atoms with E-state index in [1.165, 1.54) is 7.11 Å². The largest absolute Gasteiger partial charge is 0.496 e. The highest BCUT2D eigenvalue weighted by Gasteiger charge is 2.15. The molecule has 130 valence electrons.